The molecule has 0 aliphatic carbocycles. The van der Waals surface area contributed by atoms with E-state index in [-0.39, 0.29) is 18.5 Å². The molecule has 0 aromatic heterocycles. The molecule has 17 heavy (non-hydrogen) atoms. The Morgan fingerprint density at radius 2 is 2.06 bits per heavy atom. The van der Waals surface area contributed by atoms with Crippen molar-refractivity contribution < 1.29 is 14.3 Å². The fraction of sp³-hybridized carbons (Fsp3) is 0.833. The van der Waals surface area contributed by atoms with Crippen LogP contribution >= 0.6 is 0 Å². The number of likely N-dealkylation sites (N-methyl/N-ethyl adjacent to an activating group) is 1. The van der Waals surface area contributed by atoms with Crippen molar-refractivity contribution in [2.45, 2.75) is 46.3 Å². The highest BCUT2D eigenvalue weighted by Gasteiger charge is 2.33. The molecule has 1 heterocycles. The Balaban J connectivity index is 2.64. The average Bonchev–Trinajstić information content (AvgIpc) is 2.14. The second-order valence-corrected chi connectivity index (χ2v) is 5.39. The highest BCUT2D eigenvalue weighted by Crippen LogP contribution is 2.15. The number of hydrogen-bond donors (Lipinski definition) is 0. The molecule has 5 nitrogen and oxygen atoms in total. The molecule has 0 radical (unpaired) electrons. The van der Waals surface area contributed by atoms with Crippen molar-refractivity contribution >= 4 is 12.0 Å². The summed E-state index contributed by atoms with van der Waals surface area (Å²) in [6.45, 7) is 10.7. The van der Waals surface area contributed by atoms with Gasteiger partial charge in [0.15, 0.2) is 0 Å². The molecular formula is C12H22N2O3. The smallest absolute Gasteiger partial charge is 0.410 e. The molecule has 1 fully saturated rings. The number of rotatable bonds is 1. The molecule has 1 saturated heterocycles. The Bertz CT molecular complexity index is 309. The third-order valence-corrected chi connectivity index (χ3v) is 2.66. The van der Waals surface area contributed by atoms with Gasteiger partial charge in [-0.05, 0) is 34.6 Å². The minimum atomic E-state index is -0.523. The zero-order valence-corrected chi connectivity index (χ0v) is 11.3. The van der Waals surface area contributed by atoms with Crippen molar-refractivity contribution in [3.63, 3.8) is 0 Å². The Morgan fingerprint density at radius 1 is 1.47 bits per heavy atom. The van der Waals surface area contributed by atoms with E-state index in [1.165, 1.54) is 4.90 Å². The summed E-state index contributed by atoms with van der Waals surface area (Å²) in [5, 5.41) is 0. The van der Waals surface area contributed by atoms with Crippen LogP contribution in [0.3, 0.4) is 0 Å². The Morgan fingerprint density at radius 3 is 2.47 bits per heavy atom. The molecule has 1 aliphatic rings. The monoisotopic (exact) mass is 242 g/mol. The molecule has 0 aromatic rings. The molecule has 0 unspecified atom stereocenters. The minimum Gasteiger partial charge on any atom is -0.444 e. The normalized spacial score (nSPS) is 21.7. The van der Waals surface area contributed by atoms with E-state index >= 15 is 0 Å². The number of ether oxygens (including phenoxy) is 1. The maximum atomic E-state index is 11.8. The zero-order valence-electron chi connectivity index (χ0n) is 11.3. The molecule has 0 bridgehead atoms. The van der Waals surface area contributed by atoms with Crippen molar-refractivity contribution in [3.8, 4) is 0 Å². The van der Waals surface area contributed by atoms with Crippen molar-refractivity contribution in [2.75, 3.05) is 19.6 Å². The van der Waals surface area contributed by atoms with Gasteiger partial charge in [0.2, 0.25) is 5.91 Å². The van der Waals surface area contributed by atoms with Crippen LogP contribution in [0.25, 0.3) is 0 Å². The quantitative estimate of drug-likeness (QED) is 0.699. The predicted octanol–water partition coefficient (Wildman–Crippen LogP) is 1.47. The van der Waals surface area contributed by atoms with Gasteiger partial charge in [-0.3, -0.25) is 9.69 Å². The third-order valence-electron chi connectivity index (χ3n) is 2.66. The van der Waals surface area contributed by atoms with Crippen molar-refractivity contribution in [1.29, 1.82) is 0 Å². The van der Waals surface area contributed by atoms with E-state index in [1.807, 2.05) is 34.6 Å². The summed E-state index contributed by atoms with van der Waals surface area (Å²) in [5.74, 6) is -0.0166. The summed E-state index contributed by atoms with van der Waals surface area (Å²) < 4.78 is 5.26. The van der Waals surface area contributed by atoms with Crippen LogP contribution in [0.15, 0.2) is 0 Å². The summed E-state index contributed by atoms with van der Waals surface area (Å²) in [7, 11) is 0. The number of piperazine rings is 1. The van der Waals surface area contributed by atoms with Crippen LogP contribution in [0.4, 0.5) is 4.79 Å². The van der Waals surface area contributed by atoms with Gasteiger partial charge < -0.3 is 9.64 Å². The first-order chi connectivity index (χ1) is 7.74. The lowest BCUT2D eigenvalue weighted by Gasteiger charge is -2.39. The van der Waals surface area contributed by atoms with Gasteiger partial charge >= 0.3 is 6.09 Å². The van der Waals surface area contributed by atoms with Crippen LogP contribution in [0, 0.1) is 0 Å². The second-order valence-electron chi connectivity index (χ2n) is 5.39. The minimum absolute atomic E-state index is 0.0166. The first-order valence-electron chi connectivity index (χ1n) is 6.02. The first kappa shape index (κ1) is 13.8. The fourth-order valence-electron chi connectivity index (χ4n) is 1.94. The van der Waals surface area contributed by atoms with E-state index in [0.717, 1.165) is 0 Å². The standard InChI is InChI=1S/C12H22N2O3/c1-6-14-9(2)7-13(8-10(14)15)11(16)17-12(3,4)5/h9H,6-8H2,1-5H3/t9-/m0/s1. The van der Waals surface area contributed by atoms with Crippen LogP contribution in [-0.2, 0) is 9.53 Å². The molecule has 1 rings (SSSR count). The summed E-state index contributed by atoms with van der Waals surface area (Å²) >= 11 is 0. The highest BCUT2D eigenvalue weighted by atomic mass is 16.6. The van der Waals surface area contributed by atoms with Crippen LogP contribution in [0.2, 0.25) is 0 Å². The van der Waals surface area contributed by atoms with Gasteiger partial charge in [0.1, 0.15) is 12.1 Å². The highest BCUT2D eigenvalue weighted by molar-refractivity contribution is 5.84. The van der Waals surface area contributed by atoms with E-state index in [0.29, 0.717) is 13.1 Å². The van der Waals surface area contributed by atoms with Crippen molar-refractivity contribution in [3.05, 3.63) is 0 Å². The predicted molar refractivity (Wildman–Crippen MR) is 64.7 cm³/mol. The Hall–Kier alpha value is -1.26. The number of hydrogen-bond acceptors (Lipinski definition) is 3. The van der Waals surface area contributed by atoms with Crippen LogP contribution in [0.5, 0.6) is 0 Å². The van der Waals surface area contributed by atoms with Gasteiger partial charge in [-0.25, -0.2) is 4.79 Å². The number of carbonyl (C=O) groups is 2. The number of carbonyl (C=O) groups excluding carboxylic acids is 2. The van der Waals surface area contributed by atoms with Gasteiger partial charge in [-0.15, -0.1) is 0 Å². The average molecular weight is 242 g/mol. The number of nitrogens with zero attached hydrogens (tertiary/aromatic N) is 2. The summed E-state index contributed by atoms with van der Waals surface area (Å²) in [5.41, 5.74) is -0.523. The van der Waals surface area contributed by atoms with Gasteiger partial charge in [-0.2, -0.15) is 0 Å². The van der Waals surface area contributed by atoms with Gasteiger partial charge in [0, 0.05) is 19.1 Å². The topological polar surface area (TPSA) is 49.9 Å². The molecule has 98 valence electrons. The van der Waals surface area contributed by atoms with E-state index in [9.17, 15) is 9.59 Å². The second kappa shape index (κ2) is 4.94. The maximum absolute atomic E-state index is 11.8. The fourth-order valence-corrected chi connectivity index (χ4v) is 1.94. The van der Waals surface area contributed by atoms with Gasteiger partial charge in [0.25, 0.3) is 0 Å². The molecule has 0 spiro atoms. The van der Waals surface area contributed by atoms with Crippen LogP contribution in [0.1, 0.15) is 34.6 Å². The van der Waals surface area contributed by atoms with Gasteiger partial charge in [0.05, 0.1) is 0 Å². The molecule has 1 atom stereocenters. The van der Waals surface area contributed by atoms with Crippen LogP contribution < -0.4 is 0 Å². The zero-order chi connectivity index (χ0) is 13.2. The van der Waals surface area contributed by atoms with E-state index in [2.05, 4.69) is 0 Å². The lowest BCUT2D eigenvalue weighted by atomic mass is 10.2. The maximum Gasteiger partial charge on any atom is 0.410 e. The number of amides is 2. The van der Waals surface area contributed by atoms with Crippen molar-refractivity contribution in [2.24, 2.45) is 0 Å². The lowest BCUT2D eigenvalue weighted by molar-refractivity contribution is -0.138. The first-order valence-corrected chi connectivity index (χ1v) is 6.02. The van der Waals surface area contributed by atoms with Crippen molar-refractivity contribution in [1.82, 2.24) is 9.80 Å². The van der Waals surface area contributed by atoms with E-state index in [4.69, 9.17) is 4.74 Å². The molecular weight excluding hydrogens is 220 g/mol. The van der Waals surface area contributed by atoms with Gasteiger partial charge in [-0.1, -0.05) is 0 Å². The summed E-state index contributed by atoms with van der Waals surface area (Å²) in [6, 6.07) is 0.0498. The Kier molecular flexibility index (Phi) is 4.01. The van der Waals surface area contributed by atoms with E-state index in [1.54, 1.807) is 4.90 Å². The molecule has 0 saturated carbocycles. The molecule has 2 amide bonds. The molecule has 1 aliphatic heterocycles. The molecule has 5 heteroatoms. The largest absolute Gasteiger partial charge is 0.444 e. The lowest BCUT2D eigenvalue weighted by Crippen LogP contribution is -2.57. The molecule has 0 aromatic carbocycles. The van der Waals surface area contributed by atoms with Crippen LogP contribution in [-0.4, -0.2) is 53.1 Å². The summed E-state index contributed by atoms with van der Waals surface area (Å²) in [4.78, 5) is 26.9. The summed E-state index contributed by atoms with van der Waals surface area (Å²) in [6.07, 6.45) is -0.409. The molecule has 0 N–H and O–H groups in total. The SMILES string of the molecule is CCN1C(=O)CN(C(=O)OC(C)(C)C)C[C@@H]1C. The Labute approximate surface area is 103 Å². The third kappa shape index (κ3) is 3.61. The van der Waals surface area contributed by atoms with E-state index < -0.39 is 11.7 Å².